The molecule has 5 nitrogen and oxygen atoms in total. The van der Waals surface area contributed by atoms with Crippen molar-refractivity contribution in [2.24, 2.45) is 5.73 Å². The second-order valence-electron chi connectivity index (χ2n) is 5.89. The van der Waals surface area contributed by atoms with E-state index in [9.17, 15) is 0 Å². The summed E-state index contributed by atoms with van der Waals surface area (Å²) in [7, 11) is -2.76. The first-order valence-corrected chi connectivity index (χ1v) is 10.8. The van der Waals surface area contributed by atoms with Crippen molar-refractivity contribution in [2.45, 2.75) is 85.0 Å². The summed E-state index contributed by atoms with van der Waals surface area (Å²) < 4.78 is 18.6. The molecule has 0 radical (unpaired) electrons. The van der Waals surface area contributed by atoms with Crippen molar-refractivity contribution in [3.05, 3.63) is 0 Å². The molecule has 0 aliphatic carbocycles. The van der Waals surface area contributed by atoms with Crippen LogP contribution in [0.25, 0.3) is 0 Å². The van der Waals surface area contributed by atoms with E-state index in [1.54, 1.807) is 0 Å². The van der Waals surface area contributed by atoms with Gasteiger partial charge in [0, 0.05) is 19.8 Å². The van der Waals surface area contributed by atoms with Crippen LogP contribution in [-0.2, 0) is 13.3 Å². The lowest BCUT2D eigenvalue weighted by Crippen LogP contribution is -2.63. The van der Waals surface area contributed by atoms with E-state index in [0.29, 0.717) is 19.8 Å². The van der Waals surface area contributed by atoms with Crippen LogP contribution in [0.3, 0.4) is 0 Å². The normalized spacial score (nSPS) is 15.0. The Morgan fingerprint density at radius 2 is 1.18 bits per heavy atom. The third kappa shape index (κ3) is 9.22. The van der Waals surface area contributed by atoms with Crippen LogP contribution >= 0.6 is 0 Å². The molecular formula is C16H38N2O3Si. The van der Waals surface area contributed by atoms with Gasteiger partial charge >= 0.3 is 8.80 Å². The van der Waals surface area contributed by atoms with Crippen molar-refractivity contribution >= 4 is 8.80 Å². The second-order valence-corrected chi connectivity index (χ2v) is 8.83. The Kier molecular flexibility index (Phi) is 13.5. The molecule has 0 fully saturated rings. The second kappa shape index (κ2) is 13.5. The molecule has 2 unspecified atom stereocenters. The van der Waals surface area contributed by atoms with Crippen molar-refractivity contribution in [3.8, 4) is 0 Å². The predicted molar refractivity (Wildman–Crippen MR) is 94.6 cm³/mol. The van der Waals surface area contributed by atoms with Crippen molar-refractivity contribution in [1.29, 1.82) is 0 Å². The van der Waals surface area contributed by atoms with Gasteiger partial charge in [0.2, 0.25) is 0 Å². The summed E-state index contributed by atoms with van der Waals surface area (Å²) in [5, 5.41) is 3.33. The zero-order valence-corrected chi connectivity index (χ0v) is 16.3. The quantitative estimate of drug-likeness (QED) is 0.273. The van der Waals surface area contributed by atoms with E-state index in [1.165, 1.54) is 0 Å². The van der Waals surface area contributed by atoms with Crippen molar-refractivity contribution in [1.82, 2.24) is 5.32 Å². The highest BCUT2D eigenvalue weighted by atomic mass is 28.4. The smallest absolute Gasteiger partial charge is 0.373 e. The average Bonchev–Trinajstić information content (AvgIpc) is 2.46. The van der Waals surface area contributed by atoms with Crippen molar-refractivity contribution in [2.75, 3.05) is 19.8 Å². The monoisotopic (exact) mass is 334 g/mol. The highest BCUT2D eigenvalue weighted by molar-refractivity contribution is 6.62. The molecule has 0 spiro atoms. The fourth-order valence-corrected chi connectivity index (χ4v) is 4.83. The third-order valence-corrected chi connectivity index (χ3v) is 6.49. The SMILES string of the molecule is CCCCO[Si](OCCCC)(OCCCC)C(C)NC(C)N. The molecule has 0 rings (SSSR count). The molecular weight excluding hydrogens is 296 g/mol. The van der Waals surface area contributed by atoms with Crippen LogP contribution in [0.15, 0.2) is 0 Å². The minimum Gasteiger partial charge on any atom is -0.373 e. The van der Waals surface area contributed by atoms with Gasteiger partial charge in [-0.3, -0.25) is 5.32 Å². The largest absolute Gasteiger partial charge is 0.518 e. The van der Waals surface area contributed by atoms with Crippen LogP contribution in [-0.4, -0.2) is 40.5 Å². The van der Waals surface area contributed by atoms with Gasteiger partial charge in [0.05, 0.1) is 11.8 Å². The van der Waals surface area contributed by atoms with Gasteiger partial charge in [-0.15, -0.1) is 0 Å². The number of hydrogen-bond acceptors (Lipinski definition) is 5. The van der Waals surface area contributed by atoms with E-state index >= 15 is 0 Å². The number of nitrogens with two attached hydrogens (primary N) is 1. The summed E-state index contributed by atoms with van der Waals surface area (Å²) in [6.07, 6.45) is 6.26. The molecule has 0 amide bonds. The number of rotatable bonds is 15. The molecule has 0 bridgehead atoms. The molecule has 3 N–H and O–H groups in total. The Balaban J connectivity index is 4.90. The molecule has 6 heteroatoms. The van der Waals surface area contributed by atoms with Crippen LogP contribution in [0.5, 0.6) is 0 Å². The van der Waals surface area contributed by atoms with Crippen LogP contribution in [0.1, 0.15) is 73.1 Å². The maximum Gasteiger partial charge on any atom is 0.518 e. The van der Waals surface area contributed by atoms with E-state index < -0.39 is 8.80 Å². The maximum absolute atomic E-state index is 6.20. The molecule has 0 aromatic heterocycles. The lowest BCUT2D eigenvalue weighted by Gasteiger charge is -2.35. The van der Waals surface area contributed by atoms with Gasteiger partial charge in [0.15, 0.2) is 0 Å². The first-order valence-electron chi connectivity index (χ1n) is 8.95. The number of nitrogens with one attached hydrogen (secondary N) is 1. The summed E-state index contributed by atoms with van der Waals surface area (Å²) in [6.45, 7) is 12.5. The summed E-state index contributed by atoms with van der Waals surface area (Å²) in [4.78, 5) is 0. The Bertz CT molecular complexity index is 229. The molecule has 0 aromatic rings. The molecule has 0 aliphatic rings. The molecule has 0 saturated heterocycles. The topological polar surface area (TPSA) is 65.7 Å². The molecule has 0 heterocycles. The van der Waals surface area contributed by atoms with Crippen LogP contribution in [0.4, 0.5) is 0 Å². The standard InChI is InChI=1S/C16H38N2O3Si/c1-6-9-12-19-22(20-13-10-7-2,21-14-11-8-3)16(5)18-15(4)17/h15-16,18H,6-14,17H2,1-5H3. The van der Waals surface area contributed by atoms with Gasteiger partial charge in [0.1, 0.15) is 0 Å². The summed E-state index contributed by atoms with van der Waals surface area (Å²) in [5.74, 6) is 0. The lowest BCUT2D eigenvalue weighted by atomic mass is 10.4. The predicted octanol–water partition coefficient (Wildman–Crippen LogP) is 3.20. The zero-order chi connectivity index (χ0) is 16.8. The number of hydrogen-bond donors (Lipinski definition) is 2. The van der Waals surface area contributed by atoms with Crippen LogP contribution in [0.2, 0.25) is 0 Å². The minimum atomic E-state index is -2.76. The van der Waals surface area contributed by atoms with E-state index in [2.05, 4.69) is 33.0 Å². The highest BCUT2D eigenvalue weighted by Crippen LogP contribution is 2.18. The molecule has 2 atom stereocenters. The molecule has 134 valence electrons. The fourth-order valence-electron chi connectivity index (χ4n) is 2.07. The van der Waals surface area contributed by atoms with Gasteiger partial charge in [0.25, 0.3) is 0 Å². The maximum atomic E-state index is 6.20. The van der Waals surface area contributed by atoms with Gasteiger partial charge in [-0.05, 0) is 33.1 Å². The van der Waals surface area contributed by atoms with Crippen LogP contribution in [0, 0.1) is 0 Å². The first kappa shape index (κ1) is 22.0. The lowest BCUT2D eigenvalue weighted by molar-refractivity contribution is 0.0446. The Morgan fingerprint density at radius 1 is 0.818 bits per heavy atom. The van der Waals surface area contributed by atoms with Gasteiger partial charge in [-0.1, -0.05) is 40.0 Å². The zero-order valence-electron chi connectivity index (χ0n) is 15.3. The van der Waals surface area contributed by atoms with Crippen LogP contribution < -0.4 is 11.1 Å². The van der Waals surface area contributed by atoms with E-state index in [0.717, 1.165) is 38.5 Å². The summed E-state index contributed by atoms with van der Waals surface area (Å²) >= 11 is 0. The fraction of sp³-hybridized carbons (Fsp3) is 1.00. The van der Waals surface area contributed by atoms with Gasteiger partial charge < -0.3 is 19.0 Å². The van der Waals surface area contributed by atoms with Gasteiger partial charge in [-0.25, -0.2) is 0 Å². The highest BCUT2D eigenvalue weighted by Gasteiger charge is 2.47. The van der Waals surface area contributed by atoms with Crippen molar-refractivity contribution in [3.63, 3.8) is 0 Å². The van der Waals surface area contributed by atoms with E-state index in [-0.39, 0.29) is 11.8 Å². The minimum absolute atomic E-state index is 0.00179. The average molecular weight is 335 g/mol. The Hall–Kier alpha value is 0.0169. The van der Waals surface area contributed by atoms with Crippen molar-refractivity contribution < 1.29 is 13.3 Å². The van der Waals surface area contributed by atoms with E-state index in [1.807, 2.05) is 6.92 Å². The molecule has 0 aromatic carbocycles. The Labute approximate surface area is 138 Å². The third-order valence-electron chi connectivity index (χ3n) is 3.45. The molecule has 22 heavy (non-hydrogen) atoms. The Morgan fingerprint density at radius 3 is 1.45 bits per heavy atom. The van der Waals surface area contributed by atoms with E-state index in [4.69, 9.17) is 19.0 Å². The van der Waals surface area contributed by atoms with Gasteiger partial charge in [-0.2, -0.15) is 0 Å². The molecule has 0 saturated carbocycles. The molecule has 0 aliphatic heterocycles. The summed E-state index contributed by atoms with van der Waals surface area (Å²) in [6, 6.07) is 0. The number of unbranched alkanes of at least 4 members (excludes halogenated alkanes) is 3. The first-order chi connectivity index (χ1) is 10.5. The summed E-state index contributed by atoms with van der Waals surface area (Å²) in [5.41, 5.74) is 5.90.